The van der Waals surface area contributed by atoms with Crippen LogP contribution in [0.3, 0.4) is 0 Å². The van der Waals surface area contributed by atoms with E-state index in [1.54, 1.807) is 19.1 Å². The minimum atomic E-state index is -0.482. The average Bonchev–Trinajstić information content (AvgIpc) is 2.47. The van der Waals surface area contributed by atoms with Crippen molar-refractivity contribution in [1.82, 2.24) is 5.06 Å². The van der Waals surface area contributed by atoms with Gasteiger partial charge >= 0.3 is 5.97 Å². The van der Waals surface area contributed by atoms with Crippen molar-refractivity contribution in [3.05, 3.63) is 39.4 Å². The molecule has 5 nitrogen and oxygen atoms in total. The van der Waals surface area contributed by atoms with Gasteiger partial charge in [0, 0.05) is 23.2 Å². The predicted molar refractivity (Wildman–Crippen MR) is 85.6 cm³/mol. The summed E-state index contributed by atoms with van der Waals surface area (Å²) in [5.41, 5.74) is 1.13. The average molecular weight is 346 g/mol. The number of halogens is 2. The Balaban J connectivity index is 3.10. The summed E-state index contributed by atoms with van der Waals surface area (Å²) in [6, 6.07) is 3.17. The molecule has 120 valence electrons. The van der Waals surface area contributed by atoms with E-state index < -0.39 is 5.97 Å². The second kappa shape index (κ2) is 8.78. The van der Waals surface area contributed by atoms with Crippen molar-refractivity contribution < 1.29 is 19.2 Å². The highest BCUT2D eigenvalue weighted by atomic mass is 35.5. The molecule has 0 aromatic heterocycles. The van der Waals surface area contributed by atoms with Crippen LogP contribution in [-0.4, -0.2) is 37.7 Å². The van der Waals surface area contributed by atoms with E-state index in [1.165, 1.54) is 26.3 Å². The number of rotatable bonds is 6. The first-order valence-corrected chi connectivity index (χ1v) is 7.28. The number of ether oxygens (including phenoxy) is 1. The van der Waals surface area contributed by atoms with E-state index in [0.717, 1.165) is 5.06 Å². The molecule has 0 fully saturated rings. The molecule has 0 spiro atoms. The minimum Gasteiger partial charge on any atom is -0.463 e. The number of esters is 1. The Bertz CT molecular complexity index is 587. The van der Waals surface area contributed by atoms with Crippen molar-refractivity contribution in [1.29, 1.82) is 0 Å². The summed E-state index contributed by atoms with van der Waals surface area (Å²) in [6.07, 6.45) is 2.80. The molecular formula is C15H17Cl2NO4. The van der Waals surface area contributed by atoms with E-state index in [2.05, 4.69) is 0 Å². The van der Waals surface area contributed by atoms with Crippen LogP contribution in [0.15, 0.2) is 18.2 Å². The number of amides is 1. The van der Waals surface area contributed by atoms with Crippen molar-refractivity contribution in [2.45, 2.75) is 13.3 Å². The van der Waals surface area contributed by atoms with E-state index in [9.17, 15) is 9.59 Å². The minimum absolute atomic E-state index is 0.0167. The Labute approximate surface area is 139 Å². The number of carbonyl (C=O) groups is 2. The van der Waals surface area contributed by atoms with Crippen LogP contribution in [0, 0.1) is 0 Å². The molecule has 0 aliphatic carbocycles. The van der Waals surface area contributed by atoms with Crippen LogP contribution < -0.4 is 0 Å². The highest BCUT2D eigenvalue weighted by molar-refractivity contribution is 6.35. The second-order valence-corrected chi connectivity index (χ2v) is 5.13. The predicted octanol–water partition coefficient (Wildman–Crippen LogP) is 3.13. The summed E-state index contributed by atoms with van der Waals surface area (Å²) in [6.45, 7) is 2.00. The Kier molecular flexibility index (Phi) is 7.38. The fraction of sp³-hybridized carbons (Fsp3) is 0.333. The molecule has 1 amide bonds. The first kappa shape index (κ1) is 18.5. The van der Waals surface area contributed by atoms with E-state index in [0.29, 0.717) is 21.2 Å². The van der Waals surface area contributed by atoms with Crippen LogP contribution in [0.1, 0.15) is 18.1 Å². The SMILES string of the molecule is CCOC(=O)/C=C/c1cc(Cl)cc(Cl)c1CC(=O)N(C)OC. The molecular weight excluding hydrogens is 329 g/mol. The number of likely N-dealkylation sites (N-methyl/N-ethyl adjacent to an activating group) is 1. The largest absolute Gasteiger partial charge is 0.463 e. The smallest absolute Gasteiger partial charge is 0.330 e. The lowest BCUT2D eigenvalue weighted by atomic mass is 10.0. The van der Waals surface area contributed by atoms with Crippen molar-refractivity contribution >= 4 is 41.2 Å². The number of carbonyl (C=O) groups excluding carboxylic acids is 2. The first-order chi connectivity index (χ1) is 10.4. The second-order valence-electron chi connectivity index (χ2n) is 4.29. The van der Waals surface area contributed by atoms with Gasteiger partial charge in [0.15, 0.2) is 0 Å². The Morgan fingerprint density at radius 1 is 1.32 bits per heavy atom. The fourth-order valence-corrected chi connectivity index (χ4v) is 2.25. The summed E-state index contributed by atoms with van der Waals surface area (Å²) >= 11 is 12.1. The molecule has 0 saturated carbocycles. The van der Waals surface area contributed by atoms with Gasteiger partial charge in [0.05, 0.1) is 20.1 Å². The van der Waals surface area contributed by atoms with E-state index >= 15 is 0 Å². The lowest BCUT2D eigenvalue weighted by Crippen LogP contribution is -2.27. The van der Waals surface area contributed by atoms with Crippen molar-refractivity contribution in [2.75, 3.05) is 20.8 Å². The van der Waals surface area contributed by atoms with Crippen LogP contribution in [0.4, 0.5) is 0 Å². The number of benzene rings is 1. The maximum atomic E-state index is 12.0. The van der Waals surface area contributed by atoms with Crippen molar-refractivity contribution in [2.24, 2.45) is 0 Å². The number of nitrogens with zero attached hydrogens (tertiary/aromatic N) is 1. The monoisotopic (exact) mass is 345 g/mol. The first-order valence-electron chi connectivity index (χ1n) is 6.52. The van der Waals surface area contributed by atoms with Gasteiger partial charge in [0.25, 0.3) is 0 Å². The third kappa shape index (κ3) is 5.33. The number of hydrogen-bond acceptors (Lipinski definition) is 4. The Hall–Kier alpha value is -1.56. The summed E-state index contributed by atoms with van der Waals surface area (Å²) in [5, 5.41) is 1.85. The maximum absolute atomic E-state index is 12.0. The summed E-state index contributed by atoms with van der Waals surface area (Å²) in [5.74, 6) is -0.762. The zero-order valence-electron chi connectivity index (χ0n) is 12.6. The molecule has 0 bridgehead atoms. The van der Waals surface area contributed by atoms with Gasteiger partial charge in [-0.05, 0) is 36.3 Å². The Morgan fingerprint density at radius 3 is 2.59 bits per heavy atom. The maximum Gasteiger partial charge on any atom is 0.330 e. The van der Waals surface area contributed by atoms with E-state index in [-0.39, 0.29) is 18.9 Å². The van der Waals surface area contributed by atoms with Crippen LogP contribution in [0.25, 0.3) is 6.08 Å². The quantitative estimate of drug-likeness (QED) is 0.451. The van der Waals surface area contributed by atoms with Gasteiger partial charge < -0.3 is 4.74 Å². The van der Waals surface area contributed by atoms with Gasteiger partial charge in [-0.2, -0.15) is 0 Å². The van der Waals surface area contributed by atoms with Gasteiger partial charge in [-0.25, -0.2) is 9.86 Å². The molecule has 1 rings (SSSR count). The third-order valence-electron chi connectivity index (χ3n) is 2.83. The van der Waals surface area contributed by atoms with Crippen LogP contribution >= 0.6 is 23.2 Å². The van der Waals surface area contributed by atoms with Gasteiger partial charge in [-0.1, -0.05) is 23.2 Å². The summed E-state index contributed by atoms with van der Waals surface area (Å²) in [4.78, 5) is 28.2. The number of hydrogen-bond donors (Lipinski definition) is 0. The molecule has 0 aliphatic rings. The highest BCUT2D eigenvalue weighted by Gasteiger charge is 2.15. The topological polar surface area (TPSA) is 55.8 Å². The number of hydroxylamine groups is 2. The molecule has 22 heavy (non-hydrogen) atoms. The molecule has 0 unspecified atom stereocenters. The molecule has 1 aromatic carbocycles. The molecule has 1 aromatic rings. The third-order valence-corrected chi connectivity index (χ3v) is 3.39. The van der Waals surface area contributed by atoms with Crippen LogP contribution in [-0.2, 0) is 25.6 Å². The highest BCUT2D eigenvalue weighted by Crippen LogP contribution is 2.27. The van der Waals surface area contributed by atoms with Crippen LogP contribution in [0.5, 0.6) is 0 Å². The molecule has 0 heterocycles. The zero-order valence-corrected chi connectivity index (χ0v) is 14.1. The van der Waals surface area contributed by atoms with E-state index in [4.69, 9.17) is 32.8 Å². The fourth-order valence-electron chi connectivity index (χ4n) is 1.67. The summed E-state index contributed by atoms with van der Waals surface area (Å²) < 4.78 is 4.81. The van der Waals surface area contributed by atoms with Gasteiger partial charge in [0.1, 0.15) is 0 Å². The summed E-state index contributed by atoms with van der Waals surface area (Å²) in [7, 11) is 2.89. The lowest BCUT2D eigenvalue weighted by Gasteiger charge is -2.15. The molecule has 7 heteroatoms. The zero-order chi connectivity index (χ0) is 16.7. The molecule has 0 radical (unpaired) electrons. The molecule has 0 saturated heterocycles. The normalized spacial score (nSPS) is 10.8. The standard InChI is InChI=1S/C15H17Cl2NO4/c1-4-22-15(20)6-5-10-7-11(16)8-13(17)12(10)9-14(19)18(2)21-3/h5-8H,4,9H2,1-3H3/b6-5+. The van der Waals surface area contributed by atoms with Gasteiger partial charge in [-0.15, -0.1) is 0 Å². The lowest BCUT2D eigenvalue weighted by molar-refractivity contribution is -0.167. The van der Waals surface area contributed by atoms with Gasteiger partial charge in [-0.3, -0.25) is 9.63 Å². The van der Waals surface area contributed by atoms with Gasteiger partial charge in [0.2, 0.25) is 5.91 Å². The molecule has 0 N–H and O–H groups in total. The molecule has 0 atom stereocenters. The molecule has 0 aliphatic heterocycles. The van der Waals surface area contributed by atoms with Crippen molar-refractivity contribution in [3.63, 3.8) is 0 Å². The van der Waals surface area contributed by atoms with Crippen LogP contribution in [0.2, 0.25) is 10.0 Å². The van der Waals surface area contributed by atoms with E-state index in [1.807, 2.05) is 0 Å². The Morgan fingerprint density at radius 2 is 2.00 bits per heavy atom. The van der Waals surface area contributed by atoms with Crippen molar-refractivity contribution in [3.8, 4) is 0 Å².